The minimum absolute atomic E-state index is 0.0481. The van der Waals surface area contributed by atoms with Crippen LogP contribution >= 0.6 is 24.0 Å². The zero-order valence-corrected chi connectivity index (χ0v) is 20.5. The number of methoxy groups -OCH3 is 1. The molecule has 1 amide bonds. The van der Waals surface area contributed by atoms with Crippen molar-refractivity contribution in [2.45, 2.75) is 17.1 Å². The van der Waals surface area contributed by atoms with E-state index in [-0.39, 0.29) is 11.2 Å². The number of hydrogen-bond donors (Lipinski definition) is 3. The third-order valence-corrected chi connectivity index (χ3v) is 6.47. The predicted molar refractivity (Wildman–Crippen MR) is 147 cm³/mol. The van der Waals surface area contributed by atoms with Crippen molar-refractivity contribution in [1.29, 1.82) is 0 Å². The van der Waals surface area contributed by atoms with Crippen molar-refractivity contribution in [3.63, 3.8) is 0 Å². The number of hydrogen-bond acceptors (Lipinski definition) is 4. The first-order valence-electron chi connectivity index (χ1n) is 10.8. The predicted octanol–water partition coefficient (Wildman–Crippen LogP) is 6.78. The molecular weight excluding hydrogens is 462 g/mol. The molecule has 0 spiro atoms. The van der Waals surface area contributed by atoms with Gasteiger partial charge in [-0.15, -0.1) is 11.8 Å². The standard InChI is InChI=1S/C27H25N3O2S2/c1-18(26(31)29-23-15-7-10-19-9-3-4-13-22(19)23)34-21-12-8-11-20(17-21)28-27(33)30-24-14-5-6-16-25(24)32-2/h3-18H,1-2H3,(H,29,31)(H2,28,30,33). The molecule has 0 aliphatic heterocycles. The molecule has 0 saturated heterocycles. The monoisotopic (exact) mass is 487 g/mol. The van der Waals surface area contributed by atoms with Crippen LogP contribution in [-0.2, 0) is 4.79 Å². The fourth-order valence-corrected chi connectivity index (χ4v) is 4.66. The third-order valence-electron chi connectivity index (χ3n) is 5.18. The Kier molecular flexibility index (Phi) is 7.67. The number of rotatable bonds is 7. The number of anilines is 3. The lowest BCUT2D eigenvalue weighted by Crippen LogP contribution is -2.22. The van der Waals surface area contributed by atoms with E-state index in [0.717, 1.165) is 32.7 Å². The summed E-state index contributed by atoms with van der Waals surface area (Å²) in [7, 11) is 1.62. The first-order chi connectivity index (χ1) is 16.5. The van der Waals surface area contributed by atoms with Gasteiger partial charge in [0.2, 0.25) is 5.91 Å². The molecule has 7 heteroatoms. The van der Waals surface area contributed by atoms with Crippen LogP contribution in [0, 0.1) is 0 Å². The Labute approximate surface area is 208 Å². The molecule has 0 fully saturated rings. The van der Waals surface area contributed by atoms with Crippen LogP contribution in [-0.4, -0.2) is 23.4 Å². The van der Waals surface area contributed by atoms with Crippen LogP contribution in [0.4, 0.5) is 17.1 Å². The van der Waals surface area contributed by atoms with Gasteiger partial charge in [0.05, 0.1) is 18.0 Å². The summed E-state index contributed by atoms with van der Waals surface area (Å²) in [5.74, 6) is 0.662. The quantitative estimate of drug-likeness (QED) is 0.197. The van der Waals surface area contributed by atoms with Crippen LogP contribution in [0.5, 0.6) is 5.75 Å². The molecule has 1 atom stereocenters. The van der Waals surface area contributed by atoms with E-state index >= 15 is 0 Å². The Balaban J connectivity index is 1.38. The van der Waals surface area contributed by atoms with Crippen LogP contribution in [0.3, 0.4) is 0 Å². The maximum absolute atomic E-state index is 12.9. The second-order valence-corrected chi connectivity index (χ2v) is 9.41. The van der Waals surface area contributed by atoms with E-state index in [2.05, 4.69) is 16.0 Å². The first-order valence-corrected chi connectivity index (χ1v) is 12.1. The number of amides is 1. The number of thiocarbonyl (C=S) groups is 1. The van der Waals surface area contributed by atoms with Gasteiger partial charge >= 0.3 is 0 Å². The van der Waals surface area contributed by atoms with E-state index in [4.69, 9.17) is 17.0 Å². The number of carbonyl (C=O) groups excluding carboxylic acids is 1. The topological polar surface area (TPSA) is 62.4 Å². The van der Waals surface area contributed by atoms with Gasteiger partial charge in [0.25, 0.3) is 0 Å². The van der Waals surface area contributed by atoms with Gasteiger partial charge in [0.15, 0.2) is 5.11 Å². The number of nitrogens with one attached hydrogen (secondary N) is 3. The minimum atomic E-state index is -0.284. The van der Waals surface area contributed by atoms with Crippen LogP contribution in [0.25, 0.3) is 10.8 Å². The van der Waals surface area contributed by atoms with Crippen molar-refractivity contribution in [3.05, 3.63) is 91.0 Å². The molecule has 3 N–H and O–H groups in total. The number of benzene rings is 4. The van der Waals surface area contributed by atoms with Gasteiger partial charge in [-0.25, -0.2) is 0 Å². The van der Waals surface area contributed by atoms with Gasteiger partial charge in [0.1, 0.15) is 5.75 Å². The van der Waals surface area contributed by atoms with Gasteiger partial charge in [-0.05, 0) is 60.9 Å². The SMILES string of the molecule is COc1ccccc1NC(=S)Nc1cccc(SC(C)C(=O)Nc2cccc3ccccc23)c1. The molecule has 1 unspecified atom stereocenters. The van der Waals surface area contributed by atoms with Crippen molar-refractivity contribution in [2.24, 2.45) is 0 Å². The van der Waals surface area contributed by atoms with Gasteiger partial charge < -0.3 is 20.7 Å². The molecule has 4 aromatic carbocycles. The zero-order chi connectivity index (χ0) is 23.9. The molecule has 0 aliphatic rings. The summed E-state index contributed by atoms with van der Waals surface area (Å²) in [6.07, 6.45) is 0. The van der Waals surface area contributed by atoms with Gasteiger partial charge in [-0.2, -0.15) is 0 Å². The highest BCUT2D eigenvalue weighted by Gasteiger charge is 2.16. The molecule has 0 aliphatic carbocycles. The maximum Gasteiger partial charge on any atom is 0.237 e. The lowest BCUT2D eigenvalue weighted by atomic mass is 10.1. The summed E-state index contributed by atoms with van der Waals surface area (Å²) in [6.45, 7) is 1.90. The largest absolute Gasteiger partial charge is 0.495 e. The fraction of sp³-hybridized carbons (Fsp3) is 0.111. The van der Waals surface area contributed by atoms with Gasteiger partial charge in [-0.1, -0.05) is 54.6 Å². The van der Waals surface area contributed by atoms with E-state index in [1.807, 2.05) is 97.9 Å². The van der Waals surface area contributed by atoms with Crippen molar-refractivity contribution >= 4 is 62.8 Å². The number of carbonyl (C=O) groups is 1. The summed E-state index contributed by atoms with van der Waals surface area (Å²) in [6, 6.07) is 29.3. The van der Waals surface area contributed by atoms with E-state index in [1.165, 1.54) is 11.8 Å². The zero-order valence-electron chi connectivity index (χ0n) is 18.9. The fourth-order valence-electron chi connectivity index (χ4n) is 3.51. The normalized spacial score (nSPS) is 11.5. The number of para-hydroxylation sites is 2. The lowest BCUT2D eigenvalue weighted by Gasteiger charge is -2.15. The Hall–Kier alpha value is -3.55. The smallest absolute Gasteiger partial charge is 0.237 e. The number of ether oxygens (including phenoxy) is 1. The molecule has 0 aromatic heterocycles. The highest BCUT2D eigenvalue weighted by molar-refractivity contribution is 8.00. The second-order valence-electron chi connectivity index (χ2n) is 7.58. The van der Waals surface area contributed by atoms with Gasteiger partial charge in [0, 0.05) is 21.7 Å². The Bertz CT molecular complexity index is 1320. The summed E-state index contributed by atoms with van der Waals surface area (Å²) in [5, 5.41) is 11.7. The van der Waals surface area contributed by atoms with Crippen molar-refractivity contribution in [2.75, 3.05) is 23.1 Å². The number of thioether (sulfide) groups is 1. The Morgan fingerprint density at radius 1 is 0.853 bits per heavy atom. The van der Waals surface area contributed by atoms with Crippen LogP contribution in [0.1, 0.15) is 6.92 Å². The van der Waals surface area contributed by atoms with E-state index in [1.54, 1.807) is 7.11 Å². The highest BCUT2D eigenvalue weighted by atomic mass is 32.2. The highest BCUT2D eigenvalue weighted by Crippen LogP contribution is 2.29. The summed E-state index contributed by atoms with van der Waals surface area (Å²) in [5.41, 5.74) is 2.43. The van der Waals surface area contributed by atoms with Gasteiger partial charge in [-0.3, -0.25) is 4.79 Å². The average molecular weight is 488 g/mol. The van der Waals surface area contributed by atoms with Crippen molar-refractivity contribution < 1.29 is 9.53 Å². The van der Waals surface area contributed by atoms with Crippen molar-refractivity contribution in [3.8, 4) is 5.75 Å². The van der Waals surface area contributed by atoms with Crippen LogP contribution in [0.2, 0.25) is 0 Å². The molecule has 0 heterocycles. The molecule has 34 heavy (non-hydrogen) atoms. The molecule has 172 valence electrons. The lowest BCUT2D eigenvalue weighted by molar-refractivity contribution is -0.115. The Morgan fingerprint density at radius 3 is 2.41 bits per heavy atom. The van der Waals surface area contributed by atoms with E-state index in [0.29, 0.717) is 10.9 Å². The molecule has 0 bridgehead atoms. The molecule has 0 radical (unpaired) electrons. The molecule has 0 saturated carbocycles. The minimum Gasteiger partial charge on any atom is -0.495 e. The summed E-state index contributed by atoms with van der Waals surface area (Å²) in [4.78, 5) is 13.9. The molecule has 4 aromatic rings. The summed E-state index contributed by atoms with van der Waals surface area (Å²) < 4.78 is 5.36. The Morgan fingerprint density at radius 2 is 1.56 bits per heavy atom. The number of fused-ring (bicyclic) bond motifs is 1. The van der Waals surface area contributed by atoms with E-state index < -0.39 is 0 Å². The molecular formula is C27H25N3O2S2. The first kappa shape index (κ1) is 23.6. The summed E-state index contributed by atoms with van der Waals surface area (Å²) >= 11 is 6.95. The molecule has 4 rings (SSSR count). The van der Waals surface area contributed by atoms with Crippen LogP contribution < -0.4 is 20.7 Å². The maximum atomic E-state index is 12.9. The third kappa shape index (κ3) is 5.87. The average Bonchev–Trinajstić information content (AvgIpc) is 2.84. The van der Waals surface area contributed by atoms with E-state index in [9.17, 15) is 4.79 Å². The second kappa shape index (κ2) is 11.0. The van der Waals surface area contributed by atoms with Crippen LogP contribution in [0.15, 0.2) is 95.9 Å². The van der Waals surface area contributed by atoms with Crippen molar-refractivity contribution in [1.82, 2.24) is 0 Å². The molecule has 5 nitrogen and oxygen atoms in total.